The van der Waals surface area contributed by atoms with Crippen LogP contribution >= 0.6 is 11.6 Å². The number of hydrogen-bond donors (Lipinski definition) is 1. The van der Waals surface area contributed by atoms with Crippen LogP contribution in [0.15, 0.2) is 60.7 Å². The van der Waals surface area contributed by atoms with E-state index in [0.717, 1.165) is 22.4 Å². The van der Waals surface area contributed by atoms with Crippen LogP contribution in [0.3, 0.4) is 0 Å². The lowest BCUT2D eigenvalue weighted by Gasteiger charge is -2.18. The maximum absolute atomic E-state index is 12.7. The van der Waals surface area contributed by atoms with Gasteiger partial charge in [-0.1, -0.05) is 49.7 Å². The molecule has 3 aromatic rings. The fourth-order valence-electron chi connectivity index (χ4n) is 3.37. The Morgan fingerprint density at radius 1 is 0.935 bits per heavy atom. The van der Waals surface area contributed by atoms with Crippen LogP contribution in [0.5, 0.6) is 11.5 Å². The molecule has 0 aliphatic carbocycles. The summed E-state index contributed by atoms with van der Waals surface area (Å²) in [7, 11) is -0.353. The lowest BCUT2D eigenvalue weighted by molar-refractivity contribution is 0.390. The van der Waals surface area contributed by atoms with E-state index in [9.17, 15) is 8.42 Å². The van der Waals surface area contributed by atoms with E-state index in [-0.39, 0.29) is 11.7 Å². The van der Waals surface area contributed by atoms with Gasteiger partial charge in [-0.05, 0) is 52.9 Å². The third-order valence-electron chi connectivity index (χ3n) is 4.89. The van der Waals surface area contributed by atoms with E-state index in [0.29, 0.717) is 22.0 Å². The molecule has 5 nitrogen and oxygen atoms in total. The van der Waals surface area contributed by atoms with E-state index < -0.39 is 10.0 Å². The smallest absolute Gasteiger partial charge is 0.236 e. The summed E-state index contributed by atoms with van der Waals surface area (Å²) in [6, 6.07) is 17.9. The molecule has 0 radical (unpaired) electrons. The highest BCUT2D eigenvalue weighted by atomic mass is 35.5. The molecule has 0 aliphatic rings. The number of nitrogens with one attached hydrogen (secondary N) is 1. The molecule has 0 atom stereocenters. The lowest BCUT2D eigenvalue weighted by Crippen LogP contribution is -2.15. The molecule has 1 N–H and O–H groups in total. The van der Waals surface area contributed by atoms with Crippen LogP contribution < -0.4 is 14.2 Å². The summed E-state index contributed by atoms with van der Waals surface area (Å²) >= 11 is 5.88. The average Bonchev–Trinajstić information content (AvgIpc) is 2.73. The third-order valence-corrected chi connectivity index (χ3v) is 6.40. The summed E-state index contributed by atoms with van der Waals surface area (Å²) in [5.74, 6) is 1.52. The van der Waals surface area contributed by atoms with Crippen molar-refractivity contribution in [3.63, 3.8) is 0 Å². The highest BCUT2D eigenvalue weighted by molar-refractivity contribution is 7.91. The summed E-state index contributed by atoms with van der Waals surface area (Å²) in [6.45, 7) is 4.19. The Kier molecular flexibility index (Phi) is 7.13. The Bertz CT molecular complexity index is 1160. The summed E-state index contributed by atoms with van der Waals surface area (Å²) in [4.78, 5) is 0. The Hall–Kier alpha value is -2.70. The topological polar surface area (TPSA) is 64.6 Å². The van der Waals surface area contributed by atoms with Crippen molar-refractivity contribution in [1.82, 2.24) is 0 Å². The Balaban J connectivity index is 1.93. The fraction of sp³-hybridized carbons (Fsp3) is 0.250. The molecule has 0 fully saturated rings. The van der Waals surface area contributed by atoms with E-state index in [2.05, 4.69) is 18.6 Å². The molecule has 0 aliphatic heterocycles. The molecule has 3 rings (SSSR count). The van der Waals surface area contributed by atoms with Crippen LogP contribution in [0.2, 0.25) is 5.02 Å². The molecule has 0 amide bonds. The van der Waals surface area contributed by atoms with Gasteiger partial charge >= 0.3 is 0 Å². The molecule has 0 bridgehead atoms. The van der Waals surface area contributed by atoms with Crippen LogP contribution in [0.4, 0.5) is 5.69 Å². The monoisotopic (exact) mass is 459 g/mol. The summed E-state index contributed by atoms with van der Waals surface area (Å²) in [5.41, 5.74) is 3.90. The van der Waals surface area contributed by atoms with E-state index >= 15 is 0 Å². The zero-order valence-electron chi connectivity index (χ0n) is 18.0. The zero-order chi connectivity index (χ0) is 22.6. The molecule has 0 unspecified atom stereocenters. The van der Waals surface area contributed by atoms with Gasteiger partial charge in [0, 0.05) is 22.3 Å². The van der Waals surface area contributed by atoms with Gasteiger partial charge in [-0.3, -0.25) is 4.72 Å². The van der Waals surface area contributed by atoms with Crippen LogP contribution in [0.1, 0.15) is 30.9 Å². The van der Waals surface area contributed by atoms with Gasteiger partial charge in [0.05, 0.1) is 20.0 Å². The molecule has 0 aromatic heterocycles. The molecule has 7 heteroatoms. The molecule has 0 heterocycles. The maximum Gasteiger partial charge on any atom is 0.236 e. The SMILES string of the molecule is COc1cc(OC)c(C(C)C)cc1-c1cccc(NS(=O)(=O)Cc2ccc(Cl)cc2)c1. The quantitative estimate of drug-likeness (QED) is 0.442. The van der Waals surface area contributed by atoms with Gasteiger partial charge in [-0.25, -0.2) is 8.42 Å². The van der Waals surface area contributed by atoms with Crippen molar-refractivity contribution in [3.8, 4) is 22.6 Å². The molecular weight excluding hydrogens is 434 g/mol. The number of anilines is 1. The van der Waals surface area contributed by atoms with Crippen molar-refractivity contribution in [2.75, 3.05) is 18.9 Å². The van der Waals surface area contributed by atoms with Crippen LogP contribution in [0.25, 0.3) is 11.1 Å². The van der Waals surface area contributed by atoms with Crippen molar-refractivity contribution in [3.05, 3.63) is 76.8 Å². The van der Waals surface area contributed by atoms with Gasteiger partial charge in [0.1, 0.15) is 11.5 Å². The number of halogens is 1. The molecular formula is C24H26ClNO4S. The number of rotatable bonds is 8. The minimum absolute atomic E-state index is 0.141. The molecule has 3 aromatic carbocycles. The van der Waals surface area contributed by atoms with E-state index in [1.165, 1.54) is 0 Å². The second-order valence-corrected chi connectivity index (χ2v) is 9.68. The molecule has 0 spiro atoms. The zero-order valence-corrected chi connectivity index (χ0v) is 19.5. The number of benzene rings is 3. The van der Waals surface area contributed by atoms with E-state index in [4.69, 9.17) is 21.1 Å². The predicted molar refractivity (Wildman–Crippen MR) is 127 cm³/mol. The second-order valence-electron chi connectivity index (χ2n) is 7.52. The molecule has 164 valence electrons. The normalized spacial score (nSPS) is 11.4. The number of ether oxygens (including phenoxy) is 2. The minimum Gasteiger partial charge on any atom is -0.496 e. The van der Waals surface area contributed by atoms with Gasteiger partial charge in [0.25, 0.3) is 0 Å². The van der Waals surface area contributed by atoms with Gasteiger partial charge in [0.2, 0.25) is 10.0 Å². The lowest BCUT2D eigenvalue weighted by atomic mass is 9.95. The average molecular weight is 460 g/mol. The van der Waals surface area contributed by atoms with E-state index in [1.807, 2.05) is 24.3 Å². The van der Waals surface area contributed by atoms with Gasteiger partial charge in [0.15, 0.2) is 0 Å². The first-order chi connectivity index (χ1) is 14.7. The van der Waals surface area contributed by atoms with Gasteiger partial charge in [-0.15, -0.1) is 0 Å². The maximum atomic E-state index is 12.7. The Morgan fingerprint density at radius 3 is 2.23 bits per heavy atom. The summed E-state index contributed by atoms with van der Waals surface area (Å²) in [6.07, 6.45) is 0. The van der Waals surface area contributed by atoms with Crippen LogP contribution in [0, 0.1) is 0 Å². The van der Waals surface area contributed by atoms with Crippen molar-refractivity contribution in [2.24, 2.45) is 0 Å². The highest BCUT2D eigenvalue weighted by Gasteiger charge is 2.17. The molecule has 0 saturated heterocycles. The second kappa shape index (κ2) is 9.62. The summed E-state index contributed by atoms with van der Waals surface area (Å²) in [5, 5.41) is 0.566. The molecule has 31 heavy (non-hydrogen) atoms. The standard InChI is InChI=1S/C24H26ClNO4S/c1-16(2)21-13-22(24(30-4)14-23(21)29-3)18-6-5-7-20(12-18)26-31(27,28)15-17-8-10-19(25)11-9-17/h5-14,16,26H,15H2,1-4H3. The minimum atomic E-state index is -3.59. The van der Waals surface area contributed by atoms with Crippen molar-refractivity contribution >= 4 is 27.3 Å². The van der Waals surface area contributed by atoms with E-state index in [1.54, 1.807) is 50.6 Å². The first kappa shape index (κ1) is 23.0. The first-order valence-corrected chi connectivity index (χ1v) is 11.9. The van der Waals surface area contributed by atoms with Gasteiger partial charge in [-0.2, -0.15) is 0 Å². The van der Waals surface area contributed by atoms with Gasteiger partial charge < -0.3 is 9.47 Å². The van der Waals surface area contributed by atoms with Crippen molar-refractivity contribution < 1.29 is 17.9 Å². The number of hydrogen-bond acceptors (Lipinski definition) is 4. The number of sulfonamides is 1. The Morgan fingerprint density at radius 2 is 1.61 bits per heavy atom. The highest BCUT2D eigenvalue weighted by Crippen LogP contribution is 2.39. The van der Waals surface area contributed by atoms with Crippen LogP contribution in [-0.4, -0.2) is 22.6 Å². The van der Waals surface area contributed by atoms with Crippen molar-refractivity contribution in [1.29, 1.82) is 0 Å². The number of methoxy groups -OCH3 is 2. The fourth-order valence-corrected chi connectivity index (χ4v) is 4.68. The van der Waals surface area contributed by atoms with Crippen LogP contribution in [-0.2, 0) is 15.8 Å². The molecule has 0 saturated carbocycles. The largest absolute Gasteiger partial charge is 0.496 e. The predicted octanol–water partition coefficient (Wildman–Crippen LogP) is 6.09. The van der Waals surface area contributed by atoms with Crippen molar-refractivity contribution in [2.45, 2.75) is 25.5 Å². The Labute approximate surface area is 189 Å². The third kappa shape index (κ3) is 5.71. The summed E-state index contributed by atoms with van der Waals surface area (Å²) < 4.78 is 39.1. The first-order valence-electron chi connectivity index (χ1n) is 9.83.